The molecule has 0 N–H and O–H groups in total. The summed E-state index contributed by atoms with van der Waals surface area (Å²) >= 11 is 6.83. The minimum absolute atomic E-state index is 0.212. The first kappa shape index (κ1) is 9.74. The third-order valence-corrected chi connectivity index (χ3v) is 4.82. The summed E-state index contributed by atoms with van der Waals surface area (Å²) in [6, 6.07) is 2.07. The van der Waals surface area contributed by atoms with Crippen LogP contribution in [0.15, 0.2) is 6.07 Å². The van der Waals surface area contributed by atoms with Gasteiger partial charge in [-0.3, -0.25) is 4.79 Å². The van der Waals surface area contributed by atoms with E-state index in [-0.39, 0.29) is 5.78 Å². The SMILES string of the molecule is O=C(CBr)c1cc2c(s1)CCSC2. The van der Waals surface area contributed by atoms with Gasteiger partial charge < -0.3 is 0 Å². The van der Waals surface area contributed by atoms with E-state index in [2.05, 4.69) is 22.0 Å². The number of thiophene rings is 1. The highest BCUT2D eigenvalue weighted by Gasteiger charge is 2.16. The van der Waals surface area contributed by atoms with Gasteiger partial charge in [-0.05, 0) is 23.8 Å². The molecule has 0 radical (unpaired) electrons. The van der Waals surface area contributed by atoms with E-state index in [1.165, 1.54) is 16.2 Å². The first-order valence-corrected chi connectivity index (χ1v) is 7.19. The molecular formula is C9H9BrOS2. The van der Waals surface area contributed by atoms with E-state index in [0.29, 0.717) is 5.33 Å². The number of alkyl halides is 1. The van der Waals surface area contributed by atoms with Gasteiger partial charge in [0.05, 0.1) is 10.2 Å². The number of aryl methyl sites for hydroxylation is 1. The zero-order valence-corrected chi connectivity index (χ0v) is 10.2. The Labute approximate surface area is 94.0 Å². The summed E-state index contributed by atoms with van der Waals surface area (Å²) in [4.78, 5) is 13.7. The molecule has 0 aromatic carbocycles. The number of fused-ring (bicyclic) bond motifs is 1. The normalized spacial score (nSPS) is 15.5. The lowest BCUT2D eigenvalue weighted by Gasteiger charge is -2.08. The van der Waals surface area contributed by atoms with Gasteiger partial charge in [0, 0.05) is 10.6 Å². The van der Waals surface area contributed by atoms with Gasteiger partial charge in [-0.25, -0.2) is 0 Å². The molecule has 1 nitrogen and oxygen atoms in total. The summed E-state index contributed by atoms with van der Waals surface area (Å²) in [5.74, 6) is 2.50. The monoisotopic (exact) mass is 276 g/mol. The van der Waals surface area contributed by atoms with E-state index in [4.69, 9.17) is 0 Å². The molecule has 1 aliphatic rings. The van der Waals surface area contributed by atoms with Crippen LogP contribution in [-0.2, 0) is 12.2 Å². The van der Waals surface area contributed by atoms with Crippen molar-refractivity contribution in [2.45, 2.75) is 12.2 Å². The second-order valence-corrected chi connectivity index (χ2v) is 5.72. The molecule has 13 heavy (non-hydrogen) atoms. The number of hydrogen-bond donors (Lipinski definition) is 0. The number of hydrogen-bond acceptors (Lipinski definition) is 3. The zero-order valence-electron chi connectivity index (χ0n) is 7.01. The van der Waals surface area contributed by atoms with Gasteiger partial charge in [-0.1, -0.05) is 15.9 Å². The number of rotatable bonds is 2. The van der Waals surface area contributed by atoms with Crippen LogP contribution in [0.5, 0.6) is 0 Å². The molecule has 0 spiro atoms. The predicted molar refractivity (Wildman–Crippen MR) is 62.3 cm³/mol. The van der Waals surface area contributed by atoms with Gasteiger partial charge in [-0.2, -0.15) is 11.8 Å². The number of halogens is 1. The smallest absolute Gasteiger partial charge is 0.183 e. The molecule has 0 unspecified atom stereocenters. The number of carbonyl (C=O) groups is 1. The largest absolute Gasteiger partial charge is 0.292 e. The van der Waals surface area contributed by atoms with E-state index in [0.717, 1.165) is 17.1 Å². The average Bonchev–Trinajstić information content (AvgIpc) is 2.59. The molecule has 2 heterocycles. The Morgan fingerprint density at radius 2 is 2.46 bits per heavy atom. The summed E-state index contributed by atoms with van der Waals surface area (Å²) in [5, 5.41) is 0.444. The maximum absolute atomic E-state index is 11.4. The van der Waals surface area contributed by atoms with Crippen molar-refractivity contribution in [2.24, 2.45) is 0 Å². The van der Waals surface area contributed by atoms with Crippen molar-refractivity contribution in [3.8, 4) is 0 Å². The lowest BCUT2D eigenvalue weighted by molar-refractivity contribution is 0.102. The highest BCUT2D eigenvalue weighted by Crippen LogP contribution is 2.31. The van der Waals surface area contributed by atoms with Crippen molar-refractivity contribution in [1.82, 2.24) is 0 Å². The van der Waals surface area contributed by atoms with Crippen LogP contribution in [0.2, 0.25) is 0 Å². The molecule has 0 fully saturated rings. The van der Waals surface area contributed by atoms with Crippen LogP contribution in [0.1, 0.15) is 20.1 Å². The molecule has 1 aliphatic heterocycles. The van der Waals surface area contributed by atoms with Crippen molar-refractivity contribution in [2.75, 3.05) is 11.1 Å². The van der Waals surface area contributed by atoms with Gasteiger partial charge >= 0.3 is 0 Å². The molecule has 1 aromatic rings. The van der Waals surface area contributed by atoms with Crippen LogP contribution >= 0.6 is 39.0 Å². The standard InChI is InChI=1S/C9H9BrOS2/c10-4-7(11)9-3-6-5-12-2-1-8(6)13-9/h3H,1-2,4-5H2. The highest BCUT2D eigenvalue weighted by molar-refractivity contribution is 9.09. The van der Waals surface area contributed by atoms with Crippen molar-refractivity contribution in [3.63, 3.8) is 0 Å². The predicted octanol–water partition coefficient (Wildman–Crippen LogP) is 3.12. The third kappa shape index (κ3) is 2.00. The van der Waals surface area contributed by atoms with Crippen LogP contribution in [0.4, 0.5) is 0 Å². The van der Waals surface area contributed by atoms with Crippen molar-refractivity contribution >= 4 is 44.8 Å². The van der Waals surface area contributed by atoms with Gasteiger partial charge in [0.1, 0.15) is 0 Å². The second kappa shape index (κ2) is 4.15. The summed E-state index contributed by atoms with van der Waals surface area (Å²) in [6.07, 6.45) is 1.14. The van der Waals surface area contributed by atoms with E-state index >= 15 is 0 Å². The lowest BCUT2D eigenvalue weighted by atomic mass is 10.2. The Balaban J connectivity index is 2.30. The van der Waals surface area contributed by atoms with Crippen LogP contribution in [0, 0.1) is 0 Å². The van der Waals surface area contributed by atoms with E-state index in [1.54, 1.807) is 11.3 Å². The average molecular weight is 277 g/mol. The molecular weight excluding hydrogens is 268 g/mol. The van der Waals surface area contributed by atoms with Gasteiger partial charge in [0.2, 0.25) is 0 Å². The fraction of sp³-hybridized carbons (Fsp3) is 0.444. The zero-order chi connectivity index (χ0) is 9.26. The topological polar surface area (TPSA) is 17.1 Å². The number of thioether (sulfide) groups is 1. The molecule has 0 saturated carbocycles. The van der Waals surface area contributed by atoms with E-state index < -0.39 is 0 Å². The summed E-state index contributed by atoms with van der Waals surface area (Å²) in [6.45, 7) is 0. The fourth-order valence-electron chi connectivity index (χ4n) is 1.35. The van der Waals surface area contributed by atoms with Crippen LogP contribution in [0.25, 0.3) is 0 Å². The molecule has 4 heteroatoms. The molecule has 70 valence electrons. The van der Waals surface area contributed by atoms with Crippen molar-refractivity contribution < 1.29 is 4.79 Å². The molecule has 2 rings (SSSR count). The summed E-state index contributed by atoms with van der Waals surface area (Å²) < 4.78 is 0. The summed E-state index contributed by atoms with van der Waals surface area (Å²) in [7, 11) is 0. The molecule has 1 aromatic heterocycles. The van der Waals surface area contributed by atoms with E-state index in [9.17, 15) is 4.79 Å². The van der Waals surface area contributed by atoms with Gasteiger partial charge in [-0.15, -0.1) is 11.3 Å². The Hall–Kier alpha value is 0.200. The minimum Gasteiger partial charge on any atom is -0.292 e. The first-order valence-electron chi connectivity index (χ1n) is 4.09. The molecule has 0 atom stereocenters. The van der Waals surface area contributed by atoms with Crippen molar-refractivity contribution in [3.05, 3.63) is 21.4 Å². The highest BCUT2D eigenvalue weighted by atomic mass is 79.9. The van der Waals surface area contributed by atoms with Crippen LogP contribution in [0.3, 0.4) is 0 Å². The number of carbonyl (C=O) groups excluding carboxylic acids is 1. The van der Waals surface area contributed by atoms with Crippen LogP contribution in [-0.4, -0.2) is 16.9 Å². The maximum Gasteiger partial charge on any atom is 0.183 e. The van der Waals surface area contributed by atoms with Gasteiger partial charge in [0.15, 0.2) is 5.78 Å². The third-order valence-electron chi connectivity index (χ3n) is 2.02. The quantitative estimate of drug-likeness (QED) is 0.610. The Kier molecular flexibility index (Phi) is 3.11. The molecule has 0 bridgehead atoms. The number of ketones is 1. The number of Topliss-reactive ketones (excluding diaryl/α,β-unsaturated/α-hetero) is 1. The lowest BCUT2D eigenvalue weighted by Crippen LogP contribution is -1.96. The maximum atomic E-state index is 11.4. The molecule has 0 aliphatic carbocycles. The Bertz CT molecular complexity index is 309. The summed E-state index contributed by atoms with van der Waals surface area (Å²) in [5.41, 5.74) is 1.38. The Morgan fingerprint density at radius 1 is 1.62 bits per heavy atom. The first-order chi connectivity index (χ1) is 6.31. The molecule has 0 saturated heterocycles. The Morgan fingerprint density at radius 3 is 3.15 bits per heavy atom. The fourth-order valence-corrected chi connectivity index (χ4v) is 4.15. The van der Waals surface area contributed by atoms with Gasteiger partial charge in [0.25, 0.3) is 0 Å². The van der Waals surface area contributed by atoms with Crippen molar-refractivity contribution in [1.29, 1.82) is 0 Å². The minimum atomic E-state index is 0.212. The second-order valence-electron chi connectivity index (χ2n) is 2.92. The molecule has 0 amide bonds. The van der Waals surface area contributed by atoms with Crippen LogP contribution < -0.4 is 0 Å². The van der Waals surface area contributed by atoms with E-state index in [1.807, 2.05) is 11.8 Å².